The predicted octanol–water partition coefficient (Wildman–Crippen LogP) is 3.52. The Labute approximate surface area is 94.5 Å². The molecule has 1 aromatic carbocycles. The smallest absolute Gasteiger partial charge is 0.0522 e. The fraction of sp³-hybridized carbons (Fsp3) is 0.214. The van der Waals surface area contributed by atoms with E-state index in [9.17, 15) is 0 Å². The molecule has 0 atom stereocenters. The zero-order chi connectivity index (χ0) is 11.1. The largest absolute Gasteiger partial charge is 0.341 e. The van der Waals surface area contributed by atoms with E-state index < -0.39 is 0 Å². The first-order chi connectivity index (χ1) is 7.81. The first-order valence-electron chi connectivity index (χ1n) is 5.64. The summed E-state index contributed by atoms with van der Waals surface area (Å²) < 4.78 is 2.34. The van der Waals surface area contributed by atoms with Gasteiger partial charge < -0.3 is 4.57 Å². The van der Waals surface area contributed by atoms with Crippen LogP contribution in [-0.2, 0) is 6.54 Å². The second-order valence-electron chi connectivity index (χ2n) is 4.16. The normalized spacial score (nSPS) is 11.4. The Morgan fingerprint density at radius 1 is 1.12 bits per heavy atom. The lowest BCUT2D eigenvalue weighted by Gasteiger charge is -2.02. The van der Waals surface area contributed by atoms with Crippen molar-refractivity contribution in [3.05, 3.63) is 42.2 Å². The van der Waals surface area contributed by atoms with E-state index in [2.05, 4.69) is 47.7 Å². The topological polar surface area (TPSA) is 17.8 Å². The van der Waals surface area contributed by atoms with Crippen LogP contribution in [0.15, 0.2) is 36.7 Å². The van der Waals surface area contributed by atoms with Crippen molar-refractivity contribution < 1.29 is 0 Å². The summed E-state index contributed by atoms with van der Waals surface area (Å²) in [5, 5.41) is 2.56. The molecule has 2 heterocycles. The molecule has 2 aromatic heterocycles. The first kappa shape index (κ1) is 9.40. The second-order valence-corrected chi connectivity index (χ2v) is 4.16. The molecule has 0 spiro atoms. The van der Waals surface area contributed by atoms with E-state index in [0.717, 1.165) is 6.54 Å². The number of nitrogens with zero attached hydrogens (tertiary/aromatic N) is 2. The molecular formula is C14H14N2. The molecule has 0 N–H and O–H groups in total. The summed E-state index contributed by atoms with van der Waals surface area (Å²) in [5.74, 6) is 0. The number of hydrogen-bond donors (Lipinski definition) is 0. The Morgan fingerprint density at radius 3 is 2.75 bits per heavy atom. The van der Waals surface area contributed by atoms with Crippen molar-refractivity contribution in [2.24, 2.45) is 0 Å². The predicted molar refractivity (Wildman–Crippen MR) is 67.7 cm³/mol. The summed E-state index contributed by atoms with van der Waals surface area (Å²) in [5.41, 5.74) is 3.88. The molecule has 80 valence electrons. The van der Waals surface area contributed by atoms with Crippen LogP contribution in [-0.4, -0.2) is 9.55 Å². The summed E-state index contributed by atoms with van der Waals surface area (Å²) in [7, 11) is 0. The van der Waals surface area contributed by atoms with Crippen LogP contribution in [0.25, 0.3) is 21.8 Å². The van der Waals surface area contributed by atoms with Crippen LogP contribution in [0, 0.1) is 6.92 Å². The summed E-state index contributed by atoms with van der Waals surface area (Å²) >= 11 is 0. The van der Waals surface area contributed by atoms with E-state index >= 15 is 0 Å². The lowest BCUT2D eigenvalue weighted by Crippen LogP contribution is -1.92. The average molecular weight is 210 g/mol. The van der Waals surface area contributed by atoms with Crippen LogP contribution in [0.3, 0.4) is 0 Å². The van der Waals surface area contributed by atoms with Gasteiger partial charge in [-0.15, -0.1) is 0 Å². The Morgan fingerprint density at radius 2 is 1.94 bits per heavy atom. The van der Waals surface area contributed by atoms with Crippen LogP contribution < -0.4 is 0 Å². The van der Waals surface area contributed by atoms with E-state index in [1.165, 1.54) is 27.4 Å². The molecule has 3 aromatic rings. The molecule has 3 rings (SSSR count). The first-order valence-corrected chi connectivity index (χ1v) is 5.64. The van der Waals surface area contributed by atoms with Gasteiger partial charge >= 0.3 is 0 Å². The number of hydrogen-bond acceptors (Lipinski definition) is 1. The molecule has 0 saturated heterocycles. The van der Waals surface area contributed by atoms with Gasteiger partial charge in [0.2, 0.25) is 0 Å². The molecule has 0 fully saturated rings. The second kappa shape index (κ2) is 3.34. The van der Waals surface area contributed by atoms with Gasteiger partial charge in [-0.1, -0.05) is 11.6 Å². The maximum absolute atomic E-state index is 4.23. The van der Waals surface area contributed by atoms with Crippen LogP contribution >= 0.6 is 0 Å². The van der Waals surface area contributed by atoms with Crippen molar-refractivity contribution in [3.8, 4) is 0 Å². The van der Waals surface area contributed by atoms with Crippen molar-refractivity contribution in [3.63, 3.8) is 0 Å². The highest BCUT2D eigenvalue weighted by Crippen LogP contribution is 2.28. The number of rotatable bonds is 1. The molecular weight excluding hydrogens is 196 g/mol. The third-order valence-electron chi connectivity index (χ3n) is 3.14. The van der Waals surface area contributed by atoms with E-state index in [4.69, 9.17) is 0 Å². The fourth-order valence-corrected chi connectivity index (χ4v) is 2.40. The van der Waals surface area contributed by atoms with E-state index in [1.807, 2.05) is 12.4 Å². The standard InChI is InChI=1S/C14H14N2/c1-3-16-13-5-4-10(2)8-11(13)12-9-15-7-6-14(12)16/h4-9H,3H2,1-2H3. The van der Waals surface area contributed by atoms with E-state index in [1.54, 1.807) is 0 Å². The Bertz CT molecular complexity index is 665. The van der Waals surface area contributed by atoms with Gasteiger partial charge in [0.05, 0.1) is 5.52 Å². The van der Waals surface area contributed by atoms with Crippen LogP contribution in [0.5, 0.6) is 0 Å². The van der Waals surface area contributed by atoms with Gasteiger partial charge in [-0.25, -0.2) is 0 Å². The number of aryl methyl sites for hydroxylation is 2. The van der Waals surface area contributed by atoms with Crippen molar-refractivity contribution in [2.45, 2.75) is 20.4 Å². The molecule has 16 heavy (non-hydrogen) atoms. The highest BCUT2D eigenvalue weighted by atomic mass is 15.0. The third kappa shape index (κ3) is 1.16. The maximum atomic E-state index is 4.23. The summed E-state index contributed by atoms with van der Waals surface area (Å²) in [6.07, 6.45) is 3.82. The lowest BCUT2D eigenvalue weighted by atomic mass is 10.1. The molecule has 0 amide bonds. The quantitative estimate of drug-likeness (QED) is 0.601. The monoisotopic (exact) mass is 210 g/mol. The van der Waals surface area contributed by atoms with Gasteiger partial charge in [0, 0.05) is 35.2 Å². The summed E-state index contributed by atoms with van der Waals surface area (Å²) in [6, 6.07) is 8.70. The van der Waals surface area contributed by atoms with Crippen LogP contribution in [0.4, 0.5) is 0 Å². The number of pyridine rings is 1. The molecule has 0 aliphatic rings. The Hall–Kier alpha value is -1.83. The Balaban J connectivity index is 2.59. The van der Waals surface area contributed by atoms with Gasteiger partial charge in [-0.3, -0.25) is 4.98 Å². The lowest BCUT2D eigenvalue weighted by molar-refractivity contribution is 0.826. The molecule has 0 aliphatic carbocycles. The third-order valence-corrected chi connectivity index (χ3v) is 3.14. The zero-order valence-electron chi connectivity index (χ0n) is 9.57. The maximum Gasteiger partial charge on any atom is 0.0522 e. The SMILES string of the molecule is CCn1c2ccncc2c2cc(C)ccc21. The minimum Gasteiger partial charge on any atom is -0.341 e. The molecule has 0 aliphatic heterocycles. The molecule has 2 heteroatoms. The van der Waals surface area contributed by atoms with Gasteiger partial charge in [0.15, 0.2) is 0 Å². The van der Waals surface area contributed by atoms with Gasteiger partial charge in [0.25, 0.3) is 0 Å². The molecule has 0 unspecified atom stereocenters. The van der Waals surface area contributed by atoms with Crippen LogP contribution in [0.2, 0.25) is 0 Å². The van der Waals surface area contributed by atoms with E-state index in [-0.39, 0.29) is 0 Å². The summed E-state index contributed by atoms with van der Waals surface area (Å²) in [4.78, 5) is 4.23. The van der Waals surface area contributed by atoms with Crippen molar-refractivity contribution >= 4 is 21.8 Å². The van der Waals surface area contributed by atoms with E-state index in [0.29, 0.717) is 0 Å². The minimum atomic E-state index is 0.993. The molecule has 2 nitrogen and oxygen atoms in total. The van der Waals surface area contributed by atoms with Crippen molar-refractivity contribution in [1.82, 2.24) is 9.55 Å². The van der Waals surface area contributed by atoms with Gasteiger partial charge in [0.1, 0.15) is 0 Å². The van der Waals surface area contributed by atoms with Crippen molar-refractivity contribution in [2.75, 3.05) is 0 Å². The highest BCUT2D eigenvalue weighted by Gasteiger charge is 2.08. The van der Waals surface area contributed by atoms with Gasteiger partial charge in [-0.2, -0.15) is 0 Å². The number of aromatic nitrogens is 2. The number of fused-ring (bicyclic) bond motifs is 3. The van der Waals surface area contributed by atoms with Crippen molar-refractivity contribution in [1.29, 1.82) is 0 Å². The average Bonchev–Trinajstić information content (AvgIpc) is 2.62. The Kier molecular flexibility index (Phi) is 1.96. The fourth-order valence-electron chi connectivity index (χ4n) is 2.40. The number of benzene rings is 1. The van der Waals surface area contributed by atoms with Gasteiger partial charge in [-0.05, 0) is 32.0 Å². The zero-order valence-corrected chi connectivity index (χ0v) is 9.57. The molecule has 0 radical (unpaired) electrons. The minimum absolute atomic E-state index is 0.993. The van der Waals surface area contributed by atoms with Crippen LogP contribution in [0.1, 0.15) is 12.5 Å². The summed E-state index contributed by atoms with van der Waals surface area (Å²) in [6.45, 7) is 5.30. The molecule has 0 saturated carbocycles. The molecule has 0 bridgehead atoms. The highest BCUT2D eigenvalue weighted by molar-refractivity contribution is 6.07.